The van der Waals surface area contributed by atoms with Gasteiger partial charge in [0.1, 0.15) is 0 Å². The standard InChI is InChI=1S/C19H33N/c1-19(2,3)20-17-13-9-5-4-7-11-15(17)16-12-8-6-10-14-18(16)20/h17-18H,4-14H2,1-3H3. The van der Waals surface area contributed by atoms with Crippen LogP contribution in [0, 0.1) is 0 Å². The van der Waals surface area contributed by atoms with Crippen molar-refractivity contribution in [1.82, 2.24) is 4.90 Å². The first-order chi connectivity index (χ1) is 9.59. The number of fused-ring (bicyclic) bond motifs is 2. The first kappa shape index (κ1) is 14.6. The summed E-state index contributed by atoms with van der Waals surface area (Å²) in [5.41, 5.74) is 4.11. The fourth-order valence-electron chi connectivity index (χ4n) is 5.03. The number of hydrogen-bond donors (Lipinski definition) is 0. The average molecular weight is 275 g/mol. The molecule has 1 heterocycles. The molecule has 2 atom stereocenters. The van der Waals surface area contributed by atoms with Gasteiger partial charge in [0, 0.05) is 17.6 Å². The molecule has 114 valence electrons. The van der Waals surface area contributed by atoms with Crippen molar-refractivity contribution in [2.24, 2.45) is 0 Å². The Kier molecular flexibility index (Phi) is 4.26. The molecular formula is C19H33N. The fraction of sp³-hybridized carbons (Fsp3) is 0.895. The molecule has 1 aliphatic heterocycles. The monoisotopic (exact) mass is 275 g/mol. The topological polar surface area (TPSA) is 3.24 Å². The van der Waals surface area contributed by atoms with Crippen LogP contribution >= 0.6 is 0 Å². The van der Waals surface area contributed by atoms with Crippen LogP contribution < -0.4 is 0 Å². The Morgan fingerprint density at radius 2 is 1.15 bits per heavy atom. The molecule has 0 aromatic rings. The molecule has 2 fully saturated rings. The zero-order valence-electron chi connectivity index (χ0n) is 13.9. The van der Waals surface area contributed by atoms with E-state index in [1.165, 1.54) is 70.6 Å². The molecule has 3 rings (SSSR count). The Hall–Kier alpha value is -0.300. The van der Waals surface area contributed by atoms with Gasteiger partial charge >= 0.3 is 0 Å². The second-order valence-electron chi connectivity index (χ2n) is 8.21. The molecular weight excluding hydrogens is 242 g/mol. The number of rotatable bonds is 0. The summed E-state index contributed by atoms with van der Waals surface area (Å²) >= 11 is 0. The van der Waals surface area contributed by atoms with Crippen molar-refractivity contribution in [3.05, 3.63) is 11.1 Å². The lowest BCUT2D eigenvalue weighted by Gasteiger charge is -2.43. The summed E-state index contributed by atoms with van der Waals surface area (Å²) in [4.78, 5) is 2.92. The van der Waals surface area contributed by atoms with E-state index in [-0.39, 0.29) is 0 Å². The van der Waals surface area contributed by atoms with E-state index in [4.69, 9.17) is 0 Å². The van der Waals surface area contributed by atoms with Gasteiger partial charge in [-0.25, -0.2) is 0 Å². The lowest BCUT2D eigenvalue weighted by Crippen LogP contribution is -2.50. The summed E-state index contributed by atoms with van der Waals surface area (Å²) in [6.45, 7) is 7.33. The third-order valence-electron chi connectivity index (χ3n) is 5.76. The van der Waals surface area contributed by atoms with E-state index in [1.807, 2.05) is 11.1 Å². The highest BCUT2D eigenvalue weighted by Crippen LogP contribution is 2.46. The molecule has 0 radical (unpaired) electrons. The molecule has 0 aromatic carbocycles. The van der Waals surface area contributed by atoms with Crippen LogP contribution in [-0.4, -0.2) is 22.5 Å². The highest BCUT2D eigenvalue weighted by molar-refractivity contribution is 5.33. The van der Waals surface area contributed by atoms with E-state index in [0.29, 0.717) is 5.54 Å². The molecule has 3 aliphatic rings. The van der Waals surface area contributed by atoms with Crippen molar-refractivity contribution in [2.75, 3.05) is 0 Å². The predicted octanol–water partition coefficient (Wildman–Crippen LogP) is 5.45. The van der Waals surface area contributed by atoms with Crippen molar-refractivity contribution in [2.45, 2.75) is 109 Å². The lowest BCUT2D eigenvalue weighted by atomic mass is 9.89. The Morgan fingerprint density at radius 3 is 1.65 bits per heavy atom. The summed E-state index contributed by atoms with van der Waals surface area (Å²) in [6, 6.07) is 1.57. The highest BCUT2D eigenvalue weighted by Gasteiger charge is 2.44. The third kappa shape index (κ3) is 2.71. The van der Waals surface area contributed by atoms with E-state index in [0.717, 1.165) is 12.1 Å². The summed E-state index contributed by atoms with van der Waals surface area (Å²) in [5, 5.41) is 0. The molecule has 2 saturated carbocycles. The van der Waals surface area contributed by atoms with Gasteiger partial charge in [0.15, 0.2) is 0 Å². The van der Waals surface area contributed by atoms with E-state index >= 15 is 0 Å². The number of hydrogen-bond acceptors (Lipinski definition) is 1. The molecule has 0 amide bonds. The molecule has 0 aromatic heterocycles. The van der Waals surface area contributed by atoms with Gasteiger partial charge in [-0.05, 0) is 59.3 Å². The molecule has 2 aliphatic carbocycles. The molecule has 20 heavy (non-hydrogen) atoms. The quantitative estimate of drug-likeness (QED) is 0.531. The van der Waals surface area contributed by atoms with Crippen molar-refractivity contribution in [3.8, 4) is 0 Å². The van der Waals surface area contributed by atoms with Crippen LogP contribution in [0.2, 0.25) is 0 Å². The van der Waals surface area contributed by atoms with Crippen LogP contribution in [-0.2, 0) is 0 Å². The maximum Gasteiger partial charge on any atom is 0.0321 e. The molecule has 2 unspecified atom stereocenters. The number of nitrogens with zero attached hydrogens (tertiary/aromatic N) is 1. The van der Waals surface area contributed by atoms with E-state index in [1.54, 1.807) is 0 Å². The Bertz CT molecular complexity index is 374. The van der Waals surface area contributed by atoms with Crippen molar-refractivity contribution in [3.63, 3.8) is 0 Å². The van der Waals surface area contributed by atoms with Crippen LogP contribution in [0.15, 0.2) is 11.1 Å². The minimum atomic E-state index is 0.325. The SMILES string of the molecule is CC(C)(C)N1C2CCCCCCC2=C2CCCCCC21. The van der Waals surface area contributed by atoms with E-state index < -0.39 is 0 Å². The molecule has 1 nitrogen and oxygen atoms in total. The lowest BCUT2D eigenvalue weighted by molar-refractivity contribution is 0.0701. The van der Waals surface area contributed by atoms with Crippen molar-refractivity contribution in [1.29, 1.82) is 0 Å². The van der Waals surface area contributed by atoms with Crippen LogP contribution in [0.4, 0.5) is 0 Å². The van der Waals surface area contributed by atoms with Crippen molar-refractivity contribution >= 4 is 0 Å². The molecule has 0 spiro atoms. The molecule has 0 saturated heterocycles. The van der Waals surface area contributed by atoms with Crippen LogP contribution in [0.1, 0.15) is 91.4 Å². The summed E-state index contributed by atoms with van der Waals surface area (Å²) in [7, 11) is 0. The zero-order valence-corrected chi connectivity index (χ0v) is 13.9. The summed E-state index contributed by atoms with van der Waals surface area (Å²) in [6.07, 6.45) is 15.8. The van der Waals surface area contributed by atoms with Crippen molar-refractivity contribution < 1.29 is 0 Å². The maximum absolute atomic E-state index is 2.92. The molecule has 0 N–H and O–H groups in total. The van der Waals surface area contributed by atoms with Gasteiger partial charge in [0.25, 0.3) is 0 Å². The van der Waals surface area contributed by atoms with Crippen LogP contribution in [0.5, 0.6) is 0 Å². The summed E-state index contributed by atoms with van der Waals surface area (Å²) < 4.78 is 0. The van der Waals surface area contributed by atoms with Gasteiger partial charge in [-0.2, -0.15) is 0 Å². The van der Waals surface area contributed by atoms with Gasteiger partial charge < -0.3 is 0 Å². The largest absolute Gasteiger partial charge is 0.285 e. The Labute approximate surface area is 125 Å². The van der Waals surface area contributed by atoms with Gasteiger partial charge in [-0.3, -0.25) is 4.90 Å². The van der Waals surface area contributed by atoms with Gasteiger partial charge in [0.05, 0.1) is 0 Å². The second kappa shape index (κ2) is 5.83. The highest BCUT2D eigenvalue weighted by atomic mass is 15.3. The second-order valence-corrected chi connectivity index (χ2v) is 8.21. The fourth-order valence-corrected chi connectivity index (χ4v) is 5.03. The van der Waals surface area contributed by atoms with Gasteiger partial charge in [-0.1, -0.05) is 43.3 Å². The summed E-state index contributed by atoms with van der Waals surface area (Å²) in [5.74, 6) is 0. The molecule has 1 heteroatoms. The molecule has 0 bridgehead atoms. The Balaban J connectivity index is 1.96. The smallest absolute Gasteiger partial charge is 0.0321 e. The Morgan fingerprint density at radius 1 is 0.700 bits per heavy atom. The normalized spacial score (nSPS) is 33.1. The third-order valence-corrected chi connectivity index (χ3v) is 5.76. The van der Waals surface area contributed by atoms with Gasteiger partial charge in [0.2, 0.25) is 0 Å². The van der Waals surface area contributed by atoms with Gasteiger partial charge in [-0.15, -0.1) is 0 Å². The average Bonchev–Trinajstić information content (AvgIpc) is 2.51. The van der Waals surface area contributed by atoms with E-state index in [2.05, 4.69) is 25.7 Å². The maximum atomic E-state index is 2.92. The zero-order chi connectivity index (χ0) is 14.2. The minimum absolute atomic E-state index is 0.325. The van der Waals surface area contributed by atoms with Crippen LogP contribution in [0.3, 0.4) is 0 Å². The minimum Gasteiger partial charge on any atom is -0.285 e. The first-order valence-corrected chi connectivity index (χ1v) is 9.09. The van der Waals surface area contributed by atoms with Crippen LogP contribution in [0.25, 0.3) is 0 Å². The van der Waals surface area contributed by atoms with E-state index in [9.17, 15) is 0 Å². The predicted molar refractivity (Wildman–Crippen MR) is 87.0 cm³/mol. The first-order valence-electron chi connectivity index (χ1n) is 9.09.